The average molecular weight is 993 g/mol. The molecule has 8 rings (SSSR count). The van der Waals surface area contributed by atoms with Gasteiger partial charge in [-0.3, -0.25) is 9.59 Å². The molecule has 2 aromatic heterocycles. The van der Waals surface area contributed by atoms with E-state index in [1.165, 1.54) is 24.3 Å². The number of carbonyl (C=O) groups excluding carboxylic acids is 4. The van der Waals surface area contributed by atoms with Crippen LogP contribution in [0.3, 0.4) is 0 Å². The third-order valence-electron chi connectivity index (χ3n) is 13.7. The third kappa shape index (κ3) is 13.5. The highest BCUT2D eigenvalue weighted by molar-refractivity contribution is 6.31. The number of aromatic nitrogens is 2. The molecule has 6 aromatic rings. The van der Waals surface area contributed by atoms with Crippen molar-refractivity contribution in [1.29, 1.82) is 0 Å². The summed E-state index contributed by atoms with van der Waals surface area (Å²) < 4.78 is 42.7. The maximum absolute atomic E-state index is 13.8. The largest absolute Gasteiger partial charge is 0.423 e. The summed E-state index contributed by atoms with van der Waals surface area (Å²) in [5, 5.41) is 44.2. The smallest absolute Gasteiger partial charge is 0.416 e. The second-order valence-electron chi connectivity index (χ2n) is 18.8. The van der Waals surface area contributed by atoms with Crippen LogP contribution < -0.4 is 20.1 Å². The number of esters is 2. The summed E-state index contributed by atoms with van der Waals surface area (Å²) in [6.07, 6.45) is 5.75. The van der Waals surface area contributed by atoms with Crippen LogP contribution >= 0.6 is 0 Å². The Bertz CT molecular complexity index is 2630. The van der Waals surface area contributed by atoms with E-state index >= 15 is 0 Å². The molecule has 2 saturated heterocycles. The number of amides is 2. The first-order chi connectivity index (χ1) is 34.8. The minimum atomic E-state index is -1.25. The van der Waals surface area contributed by atoms with Crippen LogP contribution in [0.2, 0.25) is 0 Å². The van der Waals surface area contributed by atoms with Crippen molar-refractivity contribution in [3.05, 3.63) is 131 Å². The SMILES string of the molecule is O=C(Cc1ccc2c(OC(=O)C(=O)Oc3cn(C4CCN(CCc5ccc(F)cc5)CC4)c4cc(CC(=O)NCC(O)CO)ccc34)cn(C3CCN(CCc4ccc(F)cc4)CC3)c2c1)NCC(O)CO. The highest BCUT2D eigenvalue weighted by Crippen LogP contribution is 2.37. The van der Waals surface area contributed by atoms with Crippen molar-refractivity contribution in [3.63, 3.8) is 0 Å². The van der Waals surface area contributed by atoms with Crippen LogP contribution in [0.4, 0.5) is 8.78 Å². The van der Waals surface area contributed by atoms with Gasteiger partial charge in [0.1, 0.15) is 11.6 Å². The Labute approximate surface area is 415 Å². The van der Waals surface area contributed by atoms with Gasteiger partial charge in [0, 0.05) is 87.6 Å². The van der Waals surface area contributed by atoms with Gasteiger partial charge in [-0.1, -0.05) is 36.4 Å². The Morgan fingerprint density at radius 3 is 1.28 bits per heavy atom. The van der Waals surface area contributed by atoms with Crippen LogP contribution in [0, 0.1) is 11.6 Å². The molecule has 2 aliphatic rings. The normalized spacial score (nSPS) is 15.9. The summed E-state index contributed by atoms with van der Waals surface area (Å²) in [5.74, 6) is -3.48. The second kappa shape index (κ2) is 24.3. The number of likely N-dealkylation sites (tertiary alicyclic amines) is 2. The molecule has 2 unspecified atom stereocenters. The van der Waals surface area contributed by atoms with E-state index in [0.717, 1.165) is 88.9 Å². The number of fused-ring (bicyclic) bond motifs is 2. The Kier molecular flexibility index (Phi) is 17.4. The topological polar surface area (TPSA) is 208 Å². The number of halogens is 2. The van der Waals surface area contributed by atoms with Crippen LogP contribution in [-0.2, 0) is 44.9 Å². The molecule has 0 radical (unpaired) electrons. The van der Waals surface area contributed by atoms with Crippen LogP contribution in [0.5, 0.6) is 11.5 Å². The number of hydrogen-bond acceptors (Lipinski definition) is 12. The van der Waals surface area contributed by atoms with Gasteiger partial charge in [-0.2, -0.15) is 0 Å². The van der Waals surface area contributed by atoms with E-state index in [1.807, 2.05) is 21.3 Å². The maximum Gasteiger partial charge on any atom is 0.423 e. The molecular formula is C54H62F2N6O10. The van der Waals surface area contributed by atoms with E-state index in [0.29, 0.717) is 32.9 Å². The minimum Gasteiger partial charge on any atom is -0.416 e. The molecule has 2 aliphatic heterocycles. The predicted molar refractivity (Wildman–Crippen MR) is 264 cm³/mol. The van der Waals surface area contributed by atoms with Crippen LogP contribution in [0.1, 0.15) is 60.0 Å². The number of ether oxygens (including phenoxy) is 2. The first-order valence-corrected chi connectivity index (χ1v) is 24.6. The van der Waals surface area contributed by atoms with Crippen LogP contribution in [0.15, 0.2) is 97.3 Å². The molecule has 0 bridgehead atoms. The van der Waals surface area contributed by atoms with E-state index in [9.17, 15) is 48.4 Å². The summed E-state index contributed by atoms with van der Waals surface area (Å²) in [7, 11) is 0. The number of carbonyl (C=O) groups is 4. The van der Waals surface area contributed by atoms with Crippen LogP contribution in [0.25, 0.3) is 21.8 Å². The molecule has 72 heavy (non-hydrogen) atoms. The lowest BCUT2D eigenvalue weighted by Crippen LogP contribution is -2.35. The molecule has 4 heterocycles. The van der Waals surface area contributed by atoms with Crippen molar-refractivity contribution in [2.75, 3.05) is 65.6 Å². The highest BCUT2D eigenvalue weighted by Gasteiger charge is 2.29. The number of nitrogens with zero attached hydrogens (tertiary/aromatic N) is 4. The summed E-state index contributed by atoms with van der Waals surface area (Å²) in [5.41, 5.74) is 4.78. The predicted octanol–water partition coefficient (Wildman–Crippen LogP) is 4.17. The van der Waals surface area contributed by atoms with Gasteiger partial charge in [0.2, 0.25) is 11.8 Å². The van der Waals surface area contributed by atoms with Gasteiger partial charge in [-0.25, -0.2) is 18.4 Å². The zero-order chi connectivity index (χ0) is 50.7. The van der Waals surface area contributed by atoms with Crippen molar-refractivity contribution in [2.45, 2.75) is 75.7 Å². The minimum absolute atomic E-state index is 0.0176. The Morgan fingerprint density at radius 2 is 0.917 bits per heavy atom. The van der Waals surface area contributed by atoms with E-state index in [4.69, 9.17) is 9.47 Å². The number of nitrogens with one attached hydrogen (secondary N) is 2. The maximum atomic E-state index is 13.8. The van der Waals surface area contributed by atoms with E-state index in [-0.39, 0.29) is 73.0 Å². The molecule has 2 amide bonds. The number of hydrogen-bond donors (Lipinski definition) is 6. The number of aliphatic hydroxyl groups excluding tert-OH is 4. The number of aliphatic hydroxyl groups is 4. The van der Waals surface area contributed by atoms with E-state index in [1.54, 1.807) is 60.9 Å². The van der Waals surface area contributed by atoms with Crippen molar-refractivity contribution < 1.29 is 57.9 Å². The lowest BCUT2D eigenvalue weighted by atomic mass is 10.0. The van der Waals surface area contributed by atoms with Crippen LogP contribution in [-0.4, -0.2) is 141 Å². The van der Waals surface area contributed by atoms with Crippen molar-refractivity contribution in [2.24, 2.45) is 0 Å². The van der Waals surface area contributed by atoms with Gasteiger partial charge in [-0.15, -0.1) is 0 Å². The van der Waals surface area contributed by atoms with Crippen molar-refractivity contribution in [1.82, 2.24) is 29.6 Å². The van der Waals surface area contributed by atoms with Gasteiger partial charge in [-0.05, 0) is 109 Å². The fourth-order valence-corrected chi connectivity index (χ4v) is 9.61. The second-order valence-corrected chi connectivity index (χ2v) is 18.8. The first kappa shape index (κ1) is 51.8. The Balaban J connectivity index is 0.991. The fraction of sp³-hybridized carbons (Fsp3) is 0.407. The standard InChI is InChI=1S/C54H62F2N6O10/c55-39-7-1-35(2-8-39)13-19-59-21-15-41(16-22-59)61-31-49(45-11-5-37(25-47(45)61)27-51(67)57-29-43(65)33-63)71-53(69)54(70)72-50-32-62(42-17-23-60(24-18-42)20-14-36-3-9-40(56)10-4-36)48-26-38(6-12-46(48)50)28-52(68)58-30-44(66)34-64/h1-12,25-26,31-32,41-44,63-66H,13-24,27-30,33-34H2,(H,57,67)(H,58,68). The molecular weight excluding hydrogens is 931 g/mol. The molecule has 382 valence electrons. The highest BCUT2D eigenvalue weighted by atomic mass is 19.1. The summed E-state index contributed by atoms with van der Waals surface area (Å²) in [4.78, 5) is 57.9. The lowest BCUT2D eigenvalue weighted by molar-refractivity contribution is -0.156. The third-order valence-corrected chi connectivity index (χ3v) is 13.7. The van der Waals surface area contributed by atoms with Gasteiger partial charge in [0.25, 0.3) is 0 Å². The molecule has 4 aromatic carbocycles. The fourth-order valence-electron chi connectivity index (χ4n) is 9.61. The monoisotopic (exact) mass is 992 g/mol. The van der Waals surface area contributed by atoms with Gasteiger partial charge in [0.15, 0.2) is 11.5 Å². The number of rotatable bonds is 20. The van der Waals surface area contributed by atoms with E-state index in [2.05, 4.69) is 20.4 Å². The molecule has 18 heteroatoms. The van der Waals surface area contributed by atoms with E-state index < -0.39 is 37.4 Å². The molecule has 2 atom stereocenters. The molecule has 16 nitrogen and oxygen atoms in total. The average Bonchev–Trinajstić information content (AvgIpc) is 3.93. The van der Waals surface area contributed by atoms with Gasteiger partial charge >= 0.3 is 11.9 Å². The molecule has 2 fully saturated rings. The van der Waals surface area contributed by atoms with Gasteiger partial charge in [0.05, 0.1) is 49.3 Å². The summed E-state index contributed by atoms with van der Waals surface area (Å²) in [6, 6.07) is 23.6. The molecule has 0 aliphatic carbocycles. The zero-order valence-electron chi connectivity index (χ0n) is 40.1. The van der Waals surface area contributed by atoms with Crippen molar-refractivity contribution >= 4 is 45.6 Å². The number of piperidine rings is 2. The molecule has 6 N–H and O–H groups in total. The Hall–Kier alpha value is -6.54. The quantitative estimate of drug-likeness (QED) is 0.0471. The molecule has 0 saturated carbocycles. The summed E-state index contributed by atoms with van der Waals surface area (Å²) in [6.45, 7) is 3.50. The van der Waals surface area contributed by atoms with Gasteiger partial charge < -0.3 is 59.5 Å². The molecule has 0 spiro atoms. The van der Waals surface area contributed by atoms with Crippen molar-refractivity contribution in [3.8, 4) is 11.5 Å². The Morgan fingerprint density at radius 1 is 0.556 bits per heavy atom. The summed E-state index contributed by atoms with van der Waals surface area (Å²) >= 11 is 0. The number of benzene rings is 4. The zero-order valence-corrected chi connectivity index (χ0v) is 40.1. The first-order valence-electron chi connectivity index (χ1n) is 24.6. The lowest BCUT2D eigenvalue weighted by Gasteiger charge is -2.33.